The van der Waals surface area contributed by atoms with Crippen LogP contribution in [-0.4, -0.2) is 52.9 Å². The molecule has 3 N–H and O–H groups in total. The van der Waals surface area contributed by atoms with Gasteiger partial charge in [0.25, 0.3) is 0 Å². The highest BCUT2D eigenvalue weighted by Crippen LogP contribution is 2.24. The summed E-state index contributed by atoms with van der Waals surface area (Å²) in [5.41, 5.74) is 0. The Morgan fingerprint density at radius 3 is 2.37 bits per heavy atom. The van der Waals surface area contributed by atoms with Gasteiger partial charge in [-0.1, -0.05) is 19.3 Å². The Bertz CT molecular complexity index is 314. The lowest BCUT2D eigenvalue weighted by atomic mass is 9.89. The number of rotatable bonds is 5. The number of hydrogen-bond donors (Lipinski definition) is 3. The molecule has 2 unspecified atom stereocenters. The zero-order chi connectivity index (χ0) is 14.4. The van der Waals surface area contributed by atoms with Crippen molar-refractivity contribution in [2.75, 3.05) is 13.6 Å². The van der Waals surface area contributed by atoms with Gasteiger partial charge in [0, 0.05) is 13.6 Å². The summed E-state index contributed by atoms with van der Waals surface area (Å²) in [7, 11) is 1.66. The number of aliphatic carboxylic acids is 1. The first kappa shape index (κ1) is 15.8. The van der Waals surface area contributed by atoms with Gasteiger partial charge in [-0.15, -0.1) is 0 Å². The molecule has 1 aliphatic rings. The van der Waals surface area contributed by atoms with Gasteiger partial charge in [-0.2, -0.15) is 0 Å². The number of nitrogens with zero attached hydrogens (tertiary/aromatic N) is 1. The van der Waals surface area contributed by atoms with Gasteiger partial charge in [0.2, 0.25) is 0 Å². The molecule has 2 atom stereocenters. The van der Waals surface area contributed by atoms with Gasteiger partial charge in [-0.25, -0.2) is 9.59 Å². The van der Waals surface area contributed by atoms with Crippen LogP contribution in [-0.2, 0) is 4.79 Å². The summed E-state index contributed by atoms with van der Waals surface area (Å²) in [6.45, 7) is 1.98. The van der Waals surface area contributed by atoms with E-state index < -0.39 is 24.1 Å². The van der Waals surface area contributed by atoms with Crippen LogP contribution in [0.15, 0.2) is 0 Å². The molecule has 1 rings (SSSR count). The van der Waals surface area contributed by atoms with E-state index >= 15 is 0 Å². The van der Waals surface area contributed by atoms with Crippen molar-refractivity contribution in [3.8, 4) is 0 Å². The minimum absolute atomic E-state index is 0.445. The van der Waals surface area contributed by atoms with Crippen molar-refractivity contribution in [3.05, 3.63) is 0 Å². The molecule has 0 spiro atoms. The number of carbonyl (C=O) groups excluding carboxylic acids is 1. The van der Waals surface area contributed by atoms with Crippen LogP contribution in [0, 0.1) is 5.92 Å². The molecular formula is C13H24N2O4. The highest BCUT2D eigenvalue weighted by atomic mass is 16.4. The topological polar surface area (TPSA) is 89.9 Å². The van der Waals surface area contributed by atoms with Gasteiger partial charge in [0.05, 0.1) is 6.10 Å². The van der Waals surface area contributed by atoms with E-state index in [4.69, 9.17) is 5.11 Å². The molecule has 1 fully saturated rings. The number of carboxylic acid groups (broad SMARTS) is 1. The van der Waals surface area contributed by atoms with Crippen molar-refractivity contribution in [2.45, 2.75) is 51.2 Å². The molecule has 0 aliphatic heterocycles. The van der Waals surface area contributed by atoms with Crippen LogP contribution >= 0.6 is 0 Å². The van der Waals surface area contributed by atoms with E-state index in [2.05, 4.69) is 5.32 Å². The van der Waals surface area contributed by atoms with E-state index in [1.807, 2.05) is 0 Å². The van der Waals surface area contributed by atoms with Crippen LogP contribution in [0.1, 0.15) is 39.0 Å². The number of nitrogens with one attached hydrogen (secondary N) is 1. The van der Waals surface area contributed by atoms with Crippen molar-refractivity contribution in [3.63, 3.8) is 0 Å². The molecular weight excluding hydrogens is 248 g/mol. The van der Waals surface area contributed by atoms with Crippen LogP contribution in [0.5, 0.6) is 0 Å². The summed E-state index contributed by atoms with van der Waals surface area (Å²) < 4.78 is 0. The Morgan fingerprint density at radius 1 is 1.32 bits per heavy atom. The summed E-state index contributed by atoms with van der Waals surface area (Å²) in [6, 6.07) is -1.71. The second-order valence-electron chi connectivity index (χ2n) is 5.39. The largest absolute Gasteiger partial charge is 0.480 e. The molecule has 0 heterocycles. The molecule has 6 heteroatoms. The predicted molar refractivity (Wildman–Crippen MR) is 70.8 cm³/mol. The summed E-state index contributed by atoms with van der Waals surface area (Å²) in [4.78, 5) is 24.3. The number of aliphatic hydroxyl groups excluding tert-OH is 1. The van der Waals surface area contributed by atoms with Gasteiger partial charge in [-0.05, 0) is 25.7 Å². The third-order valence-electron chi connectivity index (χ3n) is 3.63. The number of carbonyl (C=O) groups is 2. The molecule has 110 valence electrons. The maximum atomic E-state index is 11.9. The molecule has 1 saturated carbocycles. The molecule has 0 aromatic heterocycles. The lowest BCUT2D eigenvalue weighted by Gasteiger charge is -2.28. The summed E-state index contributed by atoms with van der Waals surface area (Å²) in [6.07, 6.45) is 4.78. The Hall–Kier alpha value is -1.30. The quantitative estimate of drug-likeness (QED) is 0.697. The molecule has 0 bridgehead atoms. The van der Waals surface area contributed by atoms with Crippen molar-refractivity contribution in [2.24, 2.45) is 5.92 Å². The lowest BCUT2D eigenvalue weighted by molar-refractivity contribution is -0.141. The Kier molecular flexibility index (Phi) is 6.08. The zero-order valence-electron chi connectivity index (χ0n) is 11.6. The van der Waals surface area contributed by atoms with E-state index in [0.717, 1.165) is 12.8 Å². The van der Waals surface area contributed by atoms with Gasteiger partial charge in [-0.3, -0.25) is 0 Å². The Morgan fingerprint density at radius 2 is 1.89 bits per heavy atom. The summed E-state index contributed by atoms with van der Waals surface area (Å²) >= 11 is 0. The normalized spacial score (nSPS) is 19.5. The lowest BCUT2D eigenvalue weighted by Crippen LogP contribution is -2.52. The average molecular weight is 272 g/mol. The van der Waals surface area contributed by atoms with Crippen LogP contribution < -0.4 is 5.32 Å². The molecule has 1 aliphatic carbocycles. The minimum Gasteiger partial charge on any atom is -0.480 e. The van der Waals surface area contributed by atoms with E-state index in [0.29, 0.717) is 12.5 Å². The molecule has 2 amide bonds. The third kappa shape index (κ3) is 5.06. The molecule has 0 saturated heterocycles. The molecule has 0 radical (unpaired) electrons. The second kappa shape index (κ2) is 7.33. The van der Waals surface area contributed by atoms with Gasteiger partial charge in [0.15, 0.2) is 6.04 Å². The summed E-state index contributed by atoms with van der Waals surface area (Å²) in [5, 5.41) is 20.6. The third-order valence-corrected chi connectivity index (χ3v) is 3.63. The van der Waals surface area contributed by atoms with Crippen molar-refractivity contribution in [1.29, 1.82) is 0 Å². The summed E-state index contributed by atoms with van der Waals surface area (Å²) in [5.74, 6) is -0.728. The monoisotopic (exact) mass is 272 g/mol. The molecule has 0 aromatic carbocycles. The SMILES string of the molecule is CC(O)C(NC(=O)N(C)CC1CCCCC1)C(=O)O. The standard InChI is InChI=1S/C13H24N2O4/c1-9(16)11(12(17)18)14-13(19)15(2)8-10-6-4-3-5-7-10/h9-11,16H,3-8H2,1-2H3,(H,14,19)(H,17,18). The fraction of sp³-hybridized carbons (Fsp3) is 0.846. The average Bonchev–Trinajstić information content (AvgIpc) is 2.35. The van der Waals surface area contributed by atoms with Crippen molar-refractivity contribution in [1.82, 2.24) is 10.2 Å². The van der Waals surface area contributed by atoms with Crippen LogP contribution in [0.3, 0.4) is 0 Å². The van der Waals surface area contributed by atoms with E-state index in [1.54, 1.807) is 7.05 Å². The minimum atomic E-state index is -1.26. The van der Waals surface area contributed by atoms with Gasteiger partial charge < -0.3 is 20.4 Å². The first-order chi connectivity index (χ1) is 8.91. The van der Waals surface area contributed by atoms with Crippen LogP contribution in [0.25, 0.3) is 0 Å². The number of amides is 2. The first-order valence-corrected chi connectivity index (χ1v) is 6.84. The highest BCUT2D eigenvalue weighted by Gasteiger charge is 2.27. The molecule has 6 nitrogen and oxygen atoms in total. The predicted octanol–water partition coefficient (Wildman–Crippen LogP) is 1.04. The smallest absolute Gasteiger partial charge is 0.328 e. The number of hydrogen-bond acceptors (Lipinski definition) is 3. The maximum absolute atomic E-state index is 11.9. The van der Waals surface area contributed by atoms with E-state index in [1.165, 1.54) is 31.1 Å². The fourth-order valence-corrected chi connectivity index (χ4v) is 2.47. The number of aliphatic hydroxyl groups is 1. The van der Waals surface area contributed by atoms with Crippen LogP contribution in [0.4, 0.5) is 4.79 Å². The highest BCUT2D eigenvalue weighted by molar-refractivity contribution is 5.82. The maximum Gasteiger partial charge on any atom is 0.328 e. The number of carboxylic acids is 1. The van der Waals surface area contributed by atoms with Crippen molar-refractivity contribution >= 4 is 12.0 Å². The Labute approximate surface area is 113 Å². The fourth-order valence-electron chi connectivity index (χ4n) is 2.47. The Balaban J connectivity index is 2.44. The zero-order valence-corrected chi connectivity index (χ0v) is 11.6. The number of urea groups is 1. The van der Waals surface area contributed by atoms with Crippen LogP contribution in [0.2, 0.25) is 0 Å². The van der Waals surface area contributed by atoms with Crippen molar-refractivity contribution < 1.29 is 19.8 Å². The second-order valence-corrected chi connectivity index (χ2v) is 5.39. The van der Waals surface area contributed by atoms with E-state index in [9.17, 15) is 14.7 Å². The van der Waals surface area contributed by atoms with E-state index in [-0.39, 0.29) is 0 Å². The first-order valence-electron chi connectivity index (χ1n) is 6.84. The molecule has 0 aromatic rings. The van der Waals surface area contributed by atoms with Gasteiger partial charge in [0.1, 0.15) is 0 Å². The molecule has 19 heavy (non-hydrogen) atoms. The van der Waals surface area contributed by atoms with Gasteiger partial charge >= 0.3 is 12.0 Å².